The number of primary amides is 1. The number of carbonyl (C=O) groups is 1. The number of carbonyl (C=O) groups excluding carboxylic acids is 1. The second-order valence-corrected chi connectivity index (χ2v) is 4.56. The van der Waals surface area contributed by atoms with Crippen LogP contribution >= 0.6 is 0 Å². The molecule has 1 aliphatic rings. The Kier molecular flexibility index (Phi) is 3.88. The Morgan fingerprint density at radius 3 is 2.58 bits per heavy atom. The molecule has 1 heterocycles. The minimum Gasteiger partial charge on any atom is -0.398 e. The van der Waals surface area contributed by atoms with Gasteiger partial charge in [0.05, 0.1) is 18.8 Å². The van der Waals surface area contributed by atoms with Crippen LogP contribution in [0.5, 0.6) is 0 Å². The average Bonchev–Trinajstić information content (AvgIpc) is 2.39. The molecule has 0 unspecified atom stereocenters. The standard InChI is InChI=1S/C13H17N5O/c1-16-11-4-2-3-10(14)13(11)18-7-5-17(6-8-18)9-12(15)19/h2-4H,5-9,14H2,(H2,15,19). The fourth-order valence-electron chi connectivity index (χ4n) is 2.33. The van der Waals surface area contributed by atoms with E-state index in [1.54, 1.807) is 18.2 Å². The molecular formula is C13H17N5O. The largest absolute Gasteiger partial charge is 0.398 e. The zero-order chi connectivity index (χ0) is 13.8. The van der Waals surface area contributed by atoms with Gasteiger partial charge in [0, 0.05) is 31.9 Å². The van der Waals surface area contributed by atoms with Crippen molar-refractivity contribution in [3.8, 4) is 0 Å². The molecule has 0 bridgehead atoms. The minimum atomic E-state index is -0.311. The first kappa shape index (κ1) is 13.2. The lowest BCUT2D eigenvalue weighted by molar-refractivity contribution is -0.119. The fraction of sp³-hybridized carbons (Fsp3) is 0.385. The molecule has 1 saturated heterocycles. The van der Waals surface area contributed by atoms with Crippen molar-refractivity contribution >= 4 is 23.0 Å². The Bertz CT molecular complexity index is 514. The van der Waals surface area contributed by atoms with E-state index in [-0.39, 0.29) is 12.5 Å². The quantitative estimate of drug-likeness (QED) is 0.609. The van der Waals surface area contributed by atoms with Crippen LogP contribution in [0.3, 0.4) is 0 Å². The van der Waals surface area contributed by atoms with Crippen LogP contribution in [0, 0.1) is 6.57 Å². The van der Waals surface area contributed by atoms with Gasteiger partial charge in [-0.25, -0.2) is 4.85 Å². The summed E-state index contributed by atoms with van der Waals surface area (Å²) < 4.78 is 0. The van der Waals surface area contributed by atoms with E-state index in [2.05, 4.69) is 9.74 Å². The maximum absolute atomic E-state index is 10.9. The van der Waals surface area contributed by atoms with Crippen molar-refractivity contribution in [3.05, 3.63) is 29.6 Å². The van der Waals surface area contributed by atoms with E-state index in [4.69, 9.17) is 18.0 Å². The summed E-state index contributed by atoms with van der Waals surface area (Å²) >= 11 is 0. The molecule has 1 fully saturated rings. The van der Waals surface area contributed by atoms with Crippen molar-refractivity contribution in [2.24, 2.45) is 5.73 Å². The number of piperazine rings is 1. The lowest BCUT2D eigenvalue weighted by Crippen LogP contribution is -2.49. The van der Waals surface area contributed by atoms with Gasteiger partial charge in [-0.15, -0.1) is 0 Å². The third-order valence-electron chi connectivity index (χ3n) is 3.23. The molecular weight excluding hydrogens is 242 g/mol. The van der Waals surface area contributed by atoms with E-state index in [1.165, 1.54) is 0 Å². The Morgan fingerprint density at radius 2 is 2.00 bits per heavy atom. The number of benzene rings is 1. The van der Waals surface area contributed by atoms with Crippen LogP contribution in [0.2, 0.25) is 0 Å². The number of nitrogens with two attached hydrogens (primary N) is 2. The van der Waals surface area contributed by atoms with Crippen molar-refractivity contribution < 1.29 is 4.79 Å². The summed E-state index contributed by atoms with van der Waals surface area (Å²) in [5, 5.41) is 0. The topological polar surface area (TPSA) is 79.9 Å². The summed E-state index contributed by atoms with van der Waals surface area (Å²) in [7, 11) is 0. The van der Waals surface area contributed by atoms with Crippen molar-refractivity contribution in [2.75, 3.05) is 43.4 Å². The molecule has 6 heteroatoms. The number of hydrogen-bond donors (Lipinski definition) is 2. The van der Waals surface area contributed by atoms with E-state index in [1.807, 2.05) is 4.90 Å². The molecule has 0 atom stereocenters. The van der Waals surface area contributed by atoms with E-state index >= 15 is 0 Å². The molecule has 2 rings (SSSR count). The number of anilines is 2. The number of rotatable bonds is 3. The number of hydrogen-bond acceptors (Lipinski definition) is 4. The van der Waals surface area contributed by atoms with E-state index in [0.717, 1.165) is 31.9 Å². The van der Waals surface area contributed by atoms with Crippen LogP contribution in [-0.4, -0.2) is 43.5 Å². The highest BCUT2D eigenvalue weighted by Gasteiger charge is 2.21. The molecule has 0 aromatic heterocycles. The van der Waals surface area contributed by atoms with E-state index in [0.29, 0.717) is 11.4 Å². The van der Waals surface area contributed by atoms with Gasteiger partial charge in [-0.1, -0.05) is 12.1 Å². The van der Waals surface area contributed by atoms with Gasteiger partial charge in [-0.2, -0.15) is 0 Å². The van der Waals surface area contributed by atoms with Crippen LogP contribution in [0.15, 0.2) is 18.2 Å². The zero-order valence-corrected chi connectivity index (χ0v) is 10.7. The highest BCUT2D eigenvalue weighted by molar-refractivity contribution is 5.83. The normalized spacial score (nSPS) is 16.1. The fourth-order valence-corrected chi connectivity index (χ4v) is 2.33. The Balaban J connectivity index is 2.10. The average molecular weight is 259 g/mol. The van der Waals surface area contributed by atoms with Gasteiger partial charge < -0.3 is 16.4 Å². The number of para-hydroxylation sites is 1. The molecule has 19 heavy (non-hydrogen) atoms. The minimum absolute atomic E-state index is 0.286. The van der Waals surface area contributed by atoms with E-state index in [9.17, 15) is 4.79 Å². The number of nitrogen functional groups attached to an aromatic ring is 1. The first-order chi connectivity index (χ1) is 9.11. The summed E-state index contributed by atoms with van der Waals surface area (Å²) in [6.45, 7) is 10.5. The smallest absolute Gasteiger partial charge is 0.231 e. The SMILES string of the molecule is [C-]#[N+]c1cccc(N)c1N1CCN(CC(N)=O)CC1. The van der Waals surface area contributed by atoms with Crippen LogP contribution in [0.4, 0.5) is 17.1 Å². The molecule has 0 spiro atoms. The maximum atomic E-state index is 10.9. The summed E-state index contributed by atoms with van der Waals surface area (Å²) in [5.41, 5.74) is 13.2. The van der Waals surface area contributed by atoms with Gasteiger partial charge in [0.15, 0.2) is 0 Å². The molecule has 1 aromatic rings. The predicted octanol–water partition coefficient (Wildman–Crippen LogP) is 0.427. The third kappa shape index (κ3) is 2.95. The monoisotopic (exact) mass is 259 g/mol. The molecule has 0 saturated carbocycles. The lowest BCUT2D eigenvalue weighted by Gasteiger charge is -2.36. The summed E-state index contributed by atoms with van der Waals surface area (Å²) in [6, 6.07) is 5.36. The summed E-state index contributed by atoms with van der Waals surface area (Å²) in [5.74, 6) is -0.311. The van der Waals surface area contributed by atoms with Crippen LogP contribution in [0.25, 0.3) is 4.85 Å². The van der Waals surface area contributed by atoms with Crippen molar-refractivity contribution in [1.82, 2.24) is 4.90 Å². The van der Waals surface area contributed by atoms with Gasteiger partial charge in [0.2, 0.25) is 11.6 Å². The van der Waals surface area contributed by atoms with Crippen LogP contribution in [-0.2, 0) is 4.79 Å². The first-order valence-corrected chi connectivity index (χ1v) is 6.13. The predicted molar refractivity (Wildman–Crippen MR) is 75.0 cm³/mol. The molecule has 0 radical (unpaired) electrons. The van der Waals surface area contributed by atoms with Crippen molar-refractivity contribution in [2.45, 2.75) is 0 Å². The Hall–Kier alpha value is -2.26. The second kappa shape index (κ2) is 5.59. The van der Waals surface area contributed by atoms with Gasteiger partial charge in [-0.05, 0) is 6.07 Å². The highest BCUT2D eigenvalue weighted by atomic mass is 16.1. The molecule has 4 N–H and O–H groups in total. The van der Waals surface area contributed by atoms with Gasteiger partial charge in [0.25, 0.3) is 0 Å². The highest BCUT2D eigenvalue weighted by Crippen LogP contribution is 2.34. The van der Waals surface area contributed by atoms with E-state index < -0.39 is 0 Å². The van der Waals surface area contributed by atoms with Crippen LogP contribution in [0.1, 0.15) is 0 Å². The Morgan fingerprint density at radius 1 is 1.32 bits per heavy atom. The Labute approximate surface area is 112 Å². The van der Waals surface area contributed by atoms with Gasteiger partial charge in [0.1, 0.15) is 0 Å². The first-order valence-electron chi connectivity index (χ1n) is 6.13. The zero-order valence-electron chi connectivity index (χ0n) is 10.7. The van der Waals surface area contributed by atoms with Gasteiger partial charge in [-0.3, -0.25) is 9.69 Å². The second-order valence-electron chi connectivity index (χ2n) is 4.56. The summed E-state index contributed by atoms with van der Waals surface area (Å²) in [6.07, 6.45) is 0. The summed E-state index contributed by atoms with van der Waals surface area (Å²) in [4.78, 5) is 18.5. The number of amides is 1. The third-order valence-corrected chi connectivity index (χ3v) is 3.23. The van der Waals surface area contributed by atoms with Gasteiger partial charge >= 0.3 is 0 Å². The molecule has 1 aliphatic heterocycles. The maximum Gasteiger partial charge on any atom is 0.231 e. The molecule has 1 amide bonds. The molecule has 100 valence electrons. The number of nitrogens with zero attached hydrogens (tertiary/aromatic N) is 3. The molecule has 6 nitrogen and oxygen atoms in total. The lowest BCUT2D eigenvalue weighted by atomic mass is 10.2. The van der Waals surface area contributed by atoms with Crippen molar-refractivity contribution in [1.29, 1.82) is 0 Å². The molecule has 1 aromatic carbocycles. The van der Waals surface area contributed by atoms with Crippen molar-refractivity contribution in [3.63, 3.8) is 0 Å². The van der Waals surface area contributed by atoms with Crippen LogP contribution < -0.4 is 16.4 Å². The molecule has 0 aliphatic carbocycles.